The average Bonchev–Trinajstić information content (AvgIpc) is 2.45. The summed E-state index contributed by atoms with van der Waals surface area (Å²) in [6.45, 7) is 3.97. The summed E-state index contributed by atoms with van der Waals surface area (Å²) in [6, 6.07) is 3.86. The van der Waals surface area contributed by atoms with Crippen molar-refractivity contribution in [3.63, 3.8) is 0 Å². The number of piperidine rings is 1. The van der Waals surface area contributed by atoms with Crippen LogP contribution in [0.2, 0.25) is 0 Å². The van der Waals surface area contributed by atoms with E-state index in [0.29, 0.717) is 0 Å². The maximum atomic E-state index is 13.8. The fraction of sp³-hybridized carbons (Fsp3) is 0.562. The number of hydrogen-bond acceptors (Lipinski definition) is 4. The van der Waals surface area contributed by atoms with Crippen LogP contribution in [0.5, 0.6) is 0 Å². The van der Waals surface area contributed by atoms with Crippen molar-refractivity contribution >= 4 is 21.4 Å². The summed E-state index contributed by atoms with van der Waals surface area (Å²) in [5.74, 6) is -0.682. The monoisotopic (exact) mass is 342 g/mol. The lowest BCUT2D eigenvalue weighted by molar-refractivity contribution is -0.135. The third-order valence-electron chi connectivity index (χ3n) is 4.28. The van der Waals surface area contributed by atoms with Gasteiger partial charge in [0.05, 0.1) is 17.1 Å². The van der Waals surface area contributed by atoms with Crippen molar-refractivity contribution < 1.29 is 17.6 Å². The number of nitrogens with one attached hydrogen (secondary N) is 1. The lowest BCUT2D eigenvalue weighted by Crippen LogP contribution is -2.49. The van der Waals surface area contributed by atoms with Gasteiger partial charge >= 0.3 is 0 Å². The normalized spacial score (nSPS) is 22.0. The smallest absolute Gasteiger partial charge is 0.242 e. The zero-order chi connectivity index (χ0) is 17.2. The van der Waals surface area contributed by atoms with E-state index >= 15 is 0 Å². The Morgan fingerprint density at radius 2 is 1.91 bits per heavy atom. The Morgan fingerprint density at radius 3 is 2.48 bits per heavy atom. The number of anilines is 1. The molecule has 1 aliphatic rings. The van der Waals surface area contributed by atoms with Gasteiger partial charge < -0.3 is 10.2 Å². The van der Waals surface area contributed by atoms with Gasteiger partial charge in [-0.15, -0.1) is 0 Å². The van der Waals surface area contributed by atoms with Crippen molar-refractivity contribution in [2.45, 2.75) is 50.1 Å². The predicted molar refractivity (Wildman–Crippen MR) is 87.6 cm³/mol. The predicted octanol–water partition coefficient (Wildman–Crippen LogP) is 2.43. The van der Waals surface area contributed by atoms with Crippen molar-refractivity contribution in [1.82, 2.24) is 4.90 Å². The molecule has 5 nitrogen and oxygen atoms in total. The molecular formula is C16H23FN2O3S. The molecule has 0 saturated carbocycles. The zero-order valence-corrected chi connectivity index (χ0v) is 14.5. The van der Waals surface area contributed by atoms with Crippen molar-refractivity contribution in [3.05, 3.63) is 24.0 Å². The molecule has 1 heterocycles. The summed E-state index contributed by atoms with van der Waals surface area (Å²) in [5, 5.41) is 2.73. The van der Waals surface area contributed by atoms with Crippen LogP contribution in [0.15, 0.2) is 23.1 Å². The molecule has 1 N–H and O–H groups in total. The van der Waals surface area contributed by atoms with Gasteiger partial charge in [-0.25, -0.2) is 12.8 Å². The Kier molecular flexibility index (Phi) is 5.29. The van der Waals surface area contributed by atoms with Crippen molar-refractivity contribution in [2.75, 3.05) is 18.1 Å². The van der Waals surface area contributed by atoms with Gasteiger partial charge in [0.2, 0.25) is 5.91 Å². The molecule has 0 radical (unpaired) electrons. The highest BCUT2D eigenvalue weighted by Crippen LogP contribution is 2.23. The van der Waals surface area contributed by atoms with E-state index in [4.69, 9.17) is 0 Å². The number of likely N-dealkylation sites (tertiary alicyclic amines) is 1. The number of amides is 1. The molecule has 1 saturated heterocycles. The molecule has 7 heteroatoms. The van der Waals surface area contributed by atoms with Gasteiger partial charge in [0.25, 0.3) is 0 Å². The van der Waals surface area contributed by atoms with Gasteiger partial charge in [0.15, 0.2) is 9.84 Å². The highest BCUT2D eigenvalue weighted by Gasteiger charge is 2.28. The van der Waals surface area contributed by atoms with E-state index in [1.807, 2.05) is 18.7 Å². The number of sulfone groups is 1. The first-order valence-corrected chi connectivity index (χ1v) is 9.64. The van der Waals surface area contributed by atoms with E-state index in [-0.39, 0.29) is 35.1 Å². The highest BCUT2D eigenvalue weighted by atomic mass is 32.2. The maximum Gasteiger partial charge on any atom is 0.242 e. The number of rotatable bonds is 4. The van der Waals surface area contributed by atoms with E-state index in [0.717, 1.165) is 31.6 Å². The largest absolute Gasteiger partial charge is 0.374 e. The Bertz CT molecular complexity index is 681. The minimum atomic E-state index is -3.42. The fourth-order valence-corrected chi connectivity index (χ4v) is 3.69. The van der Waals surface area contributed by atoms with Crippen LogP contribution in [0.25, 0.3) is 0 Å². The molecule has 2 unspecified atom stereocenters. The Labute approximate surface area is 136 Å². The number of halogens is 1. The molecular weight excluding hydrogens is 319 g/mol. The summed E-state index contributed by atoms with van der Waals surface area (Å²) in [6.07, 6.45) is 4.10. The van der Waals surface area contributed by atoms with Crippen LogP contribution >= 0.6 is 0 Å². The van der Waals surface area contributed by atoms with Gasteiger partial charge in [0, 0.05) is 18.3 Å². The quantitative estimate of drug-likeness (QED) is 0.854. The summed E-state index contributed by atoms with van der Waals surface area (Å²) in [7, 11) is -3.42. The Hall–Kier alpha value is -1.63. The van der Waals surface area contributed by atoms with Crippen LogP contribution in [0.1, 0.15) is 33.1 Å². The number of nitrogens with zero attached hydrogens (tertiary/aromatic N) is 1. The summed E-state index contributed by atoms with van der Waals surface area (Å²) < 4.78 is 36.9. The SMILES string of the molecule is CC1CCCC(C)N1C(=O)CNc1cc(S(C)(=O)=O)ccc1F. The highest BCUT2D eigenvalue weighted by molar-refractivity contribution is 7.90. The van der Waals surface area contributed by atoms with Crippen molar-refractivity contribution in [3.8, 4) is 0 Å². The summed E-state index contributed by atoms with van der Waals surface area (Å²) in [5.41, 5.74) is 0.0265. The maximum absolute atomic E-state index is 13.8. The number of hydrogen-bond donors (Lipinski definition) is 1. The van der Waals surface area contributed by atoms with Crippen LogP contribution in [-0.4, -0.2) is 44.1 Å². The molecule has 0 aromatic heterocycles. The van der Waals surface area contributed by atoms with Gasteiger partial charge in [-0.05, 0) is 51.3 Å². The lowest BCUT2D eigenvalue weighted by atomic mass is 9.97. The molecule has 128 valence electrons. The lowest BCUT2D eigenvalue weighted by Gasteiger charge is -2.39. The molecule has 0 spiro atoms. The molecule has 1 fully saturated rings. The van der Waals surface area contributed by atoms with Crippen molar-refractivity contribution in [1.29, 1.82) is 0 Å². The third-order valence-corrected chi connectivity index (χ3v) is 5.39. The molecule has 0 aliphatic carbocycles. The Balaban J connectivity index is 2.10. The van der Waals surface area contributed by atoms with Gasteiger partial charge in [-0.3, -0.25) is 4.79 Å². The van der Waals surface area contributed by atoms with E-state index in [9.17, 15) is 17.6 Å². The molecule has 1 aromatic rings. The molecule has 1 aromatic carbocycles. The second kappa shape index (κ2) is 6.86. The van der Waals surface area contributed by atoms with Gasteiger partial charge in [-0.1, -0.05) is 0 Å². The van der Waals surface area contributed by atoms with Crippen molar-refractivity contribution in [2.24, 2.45) is 0 Å². The molecule has 2 rings (SSSR count). The first-order chi connectivity index (χ1) is 10.7. The standard InChI is InChI=1S/C16H23FN2O3S/c1-11-5-4-6-12(2)19(11)16(20)10-18-15-9-13(23(3,21)22)7-8-14(15)17/h7-9,11-12,18H,4-6,10H2,1-3H3. The average molecular weight is 342 g/mol. The first kappa shape index (κ1) is 17.7. The minimum Gasteiger partial charge on any atom is -0.374 e. The topological polar surface area (TPSA) is 66.5 Å². The van der Waals surface area contributed by atoms with Crippen LogP contribution in [0.4, 0.5) is 10.1 Å². The van der Waals surface area contributed by atoms with E-state index < -0.39 is 15.7 Å². The van der Waals surface area contributed by atoms with Gasteiger partial charge in [0.1, 0.15) is 5.82 Å². The minimum absolute atomic E-state index is 0.0218. The number of carbonyl (C=O) groups excluding carboxylic acids is 1. The molecule has 1 aliphatic heterocycles. The fourth-order valence-electron chi connectivity index (χ4n) is 3.05. The second-order valence-corrected chi connectivity index (χ2v) is 8.21. The van der Waals surface area contributed by atoms with E-state index in [1.54, 1.807) is 0 Å². The van der Waals surface area contributed by atoms with Crippen LogP contribution in [0.3, 0.4) is 0 Å². The van der Waals surface area contributed by atoms with Crippen LogP contribution < -0.4 is 5.32 Å². The second-order valence-electron chi connectivity index (χ2n) is 6.20. The van der Waals surface area contributed by atoms with E-state index in [2.05, 4.69) is 5.32 Å². The first-order valence-electron chi connectivity index (χ1n) is 7.75. The molecule has 2 atom stereocenters. The molecule has 1 amide bonds. The van der Waals surface area contributed by atoms with Gasteiger partial charge in [-0.2, -0.15) is 0 Å². The number of benzene rings is 1. The molecule has 23 heavy (non-hydrogen) atoms. The summed E-state index contributed by atoms with van der Waals surface area (Å²) >= 11 is 0. The van der Waals surface area contributed by atoms with Crippen LogP contribution in [0, 0.1) is 5.82 Å². The van der Waals surface area contributed by atoms with E-state index in [1.165, 1.54) is 12.1 Å². The zero-order valence-electron chi connectivity index (χ0n) is 13.7. The summed E-state index contributed by atoms with van der Waals surface area (Å²) in [4.78, 5) is 14.3. The molecule has 0 bridgehead atoms. The number of carbonyl (C=O) groups is 1. The van der Waals surface area contributed by atoms with Crippen LogP contribution in [-0.2, 0) is 14.6 Å². The Morgan fingerprint density at radius 1 is 1.30 bits per heavy atom. The third kappa shape index (κ3) is 4.22.